The second kappa shape index (κ2) is 4.32. The largest absolute Gasteiger partial charge is 0.332 e. The number of imide groups is 1. The zero-order valence-electron chi connectivity index (χ0n) is 11.5. The van der Waals surface area contributed by atoms with Crippen molar-refractivity contribution in [3.63, 3.8) is 0 Å². The maximum atomic E-state index is 12.7. The van der Waals surface area contributed by atoms with E-state index in [1.54, 1.807) is 29.2 Å². The summed E-state index contributed by atoms with van der Waals surface area (Å²) in [5.41, 5.74) is 1.09. The average molecular weight is 281 g/mol. The van der Waals surface area contributed by atoms with Gasteiger partial charge in [0.2, 0.25) is 0 Å². The van der Waals surface area contributed by atoms with Gasteiger partial charge in [0.25, 0.3) is 5.91 Å². The summed E-state index contributed by atoms with van der Waals surface area (Å²) in [6, 6.07) is 8.18. The number of carbonyl (C=O) groups is 2. The fourth-order valence-corrected chi connectivity index (χ4v) is 4.10. The number of rotatable bonds is 1. The van der Waals surface area contributed by atoms with Crippen molar-refractivity contribution in [1.29, 1.82) is 5.26 Å². The van der Waals surface area contributed by atoms with E-state index < -0.39 is 0 Å². The van der Waals surface area contributed by atoms with Gasteiger partial charge in [-0.2, -0.15) is 5.26 Å². The molecule has 3 aliphatic rings. The second-order valence-corrected chi connectivity index (χ2v) is 6.07. The fraction of sp³-hybridized carbons (Fsp3) is 0.438. The lowest BCUT2D eigenvalue weighted by molar-refractivity contribution is -0.120. The molecule has 0 N–H and O–H groups in total. The van der Waals surface area contributed by atoms with Crippen LogP contribution >= 0.6 is 0 Å². The van der Waals surface area contributed by atoms with Crippen molar-refractivity contribution in [2.45, 2.75) is 25.3 Å². The minimum Gasteiger partial charge on any atom is -0.311 e. The van der Waals surface area contributed by atoms with Crippen LogP contribution in [0.2, 0.25) is 0 Å². The Kier molecular flexibility index (Phi) is 2.55. The van der Waals surface area contributed by atoms with Gasteiger partial charge in [-0.05, 0) is 48.9 Å². The number of fused-ring (bicyclic) bond motifs is 3. The predicted octanol–water partition coefficient (Wildman–Crippen LogP) is 2.13. The normalized spacial score (nSPS) is 30.5. The monoisotopic (exact) mass is 281 g/mol. The summed E-state index contributed by atoms with van der Waals surface area (Å²) >= 11 is 0. The smallest absolute Gasteiger partial charge is 0.311 e. The van der Waals surface area contributed by atoms with E-state index >= 15 is 0 Å². The molecule has 0 radical (unpaired) electrons. The second-order valence-electron chi connectivity index (χ2n) is 6.07. The first kappa shape index (κ1) is 12.4. The van der Waals surface area contributed by atoms with Crippen LogP contribution < -0.4 is 4.90 Å². The third-order valence-electron chi connectivity index (χ3n) is 5.06. The van der Waals surface area contributed by atoms with Crippen LogP contribution in [0.5, 0.6) is 0 Å². The maximum Gasteiger partial charge on any atom is 0.332 e. The standard InChI is InChI=1S/C16H15N3O2/c17-8-10-4-6-12(7-5-10)19-15(20)14-13-3-1-2-11(13)9-18(14)16(19)21/h4-7,11,13-14H,1-3,9H2. The molecule has 3 atom stereocenters. The summed E-state index contributed by atoms with van der Waals surface area (Å²) in [6.45, 7) is 0.715. The Hall–Kier alpha value is -2.35. The van der Waals surface area contributed by atoms with E-state index in [4.69, 9.17) is 5.26 Å². The molecule has 106 valence electrons. The first-order valence-corrected chi connectivity index (χ1v) is 7.35. The highest BCUT2D eigenvalue weighted by atomic mass is 16.2. The van der Waals surface area contributed by atoms with E-state index in [2.05, 4.69) is 0 Å². The highest BCUT2D eigenvalue weighted by molar-refractivity contribution is 6.21. The molecule has 2 heterocycles. The third-order valence-corrected chi connectivity index (χ3v) is 5.06. The molecule has 1 aromatic carbocycles. The van der Waals surface area contributed by atoms with E-state index in [9.17, 15) is 9.59 Å². The molecule has 3 amide bonds. The lowest BCUT2D eigenvalue weighted by Crippen LogP contribution is -2.35. The quantitative estimate of drug-likeness (QED) is 0.741. The fourth-order valence-electron chi connectivity index (χ4n) is 4.10. The Balaban J connectivity index is 1.67. The first-order chi connectivity index (χ1) is 10.2. The van der Waals surface area contributed by atoms with E-state index in [1.807, 2.05) is 6.07 Å². The topological polar surface area (TPSA) is 64.4 Å². The highest BCUT2D eigenvalue weighted by Gasteiger charge is 2.57. The van der Waals surface area contributed by atoms with Gasteiger partial charge in [0, 0.05) is 6.54 Å². The molecule has 21 heavy (non-hydrogen) atoms. The van der Waals surface area contributed by atoms with Crippen molar-refractivity contribution in [2.75, 3.05) is 11.4 Å². The minimum atomic E-state index is -0.263. The van der Waals surface area contributed by atoms with E-state index in [-0.39, 0.29) is 18.0 Å². The van der Waals surface area contributed by atoms with Crippen molar-refractivity contribution in [3.05, 3.63) is 29.8 Å². The molecule has 5 heteroatoms. The van der Waals surface area contributed by atoms with Crippen LogP contribution in [-0.4, -0.2) is 29.4 Å². The Morgan fingerprint density at radius 3 is 2.62 bits per heavy atom. The van der Waals surface area contributed by atoms with Crippen LogP contribution in [0.3, 0.4) is 0 Å². The number of benzene rings is 1. The number of hydrogen-bond acceptors (Lipinski definition) is 3. The molecule has 0 spiro atoms. The van der Waals surface area contributed by atoms with Crippen LogP contribution in [0.15, 0.2) is 24.3 Å². The van der Waals surface area contributed by atoms with Gasteiger partial charge in [-0.1, -0.05) is 6.42 Å². The van der Waals surface area contributed by atoms with Crippen molar-refractivity contribution in [2.24, 2.45) is 11.8 Å². The highest BCUT2D eigenvalue weighted by Crippen LogP contribution is 2.46. The number of hydrogen-bond donors (Lipinski definition) is 0. The summed E-state index contributed by atoms with van der Waals surface area (Å²) in [5, 5.41) is 8.83. The Morgan fingerprint density at radius 1 is 1.14 bits per heavy atom. The van der Waals surface area contributed by atoms with E-state index in [0.29, 0.717) is 29.6 Å². The van der Waals surface area contributed by atoms with Crippen LogP contribution in [0.4, 0.5) is 10.5 Å². The molecule has 1 aromatic rings. The number of carbonyl (C=O) groups excluding carboxylic acids is 2. The van der Waals surface area contributed by atoms with Crippen LogP contribution in [0, 0.1) is 23.2 Å². The number of nitrogens with zero attached hydrogens (tertiary/aromatic N) is 3. The molecule has 5 nitrogen and oxygen atoms in total. The third kappa shape index (κ3) is 1.62. The number of anilines is 1. The zero-order chi connectivity index (χ0) is 14.6. The average Bonchev–Trinajstić information content (AvgIpc) is 3.13. The SMILES string of the molecule is N#Cc1ccc(N2C(=O)C3C4CCCC4CN3C2=O)cc1. The summed E-state index contributed by atoms with van der Waals surface area (Å²) in [4.78, 5) is 28.3. The van der Waals surface area contributed by atoms with Gasteiger partial charge in [-0.15, -0.1) is 0 Å². The molecule has 3 fully saturated rings. The Labute approximate surface area is 122 Å². The van der Waals surface area contributed by atoms with Crippen molar-refractivity contribution < 1.29 is 9.59 Å². The molecule has 4 rings (SSSR count). The zero-order valence-corrected chi connectivity index (χ0v) is 11.5. The molecular formula is C16H15N3O2. The van der Waals surface area contributed by atoms with Gasteiger partial charge >= 0.3 is 6.03 Å². The van der Waals surface area contributed by atoms with E-state index in [0.717, 1.165) is 19.3 Å². The molecule has 1 saturated carbocycles. The summed E-state index contributed by atoms with van der Waals surface area (Å²) in [6.07, 6.45) is 3.35. The molecule has 1 aliphatic carbocycles. The number of nitriles is 1. The minimum absolute atomic E-state index is 0.0980. The molecule has 0 bridgehead atoms. The van der Waals surface area contributed by atoms with Gasteiger partial charge in [0.1, 0.15) is 6.04 Å². The molecule has 2 saturated heterocycles. The van der Waals surface area contributed by atoms with Gasteiger partial charge in [-0.3, -0.25) is 4.79 Å². The molecule has 0 aromatic heterocycles. The van der Waals surface area contributed by atoms with Gasteiger partial charge in [0.15, 0.2) is 0 Å². The van der Waals surface area contributed by atoms with Crippen molar-refractivity contribution in [3.8, 4) is 6.07 Å². The Bertz CT molecular complexity index is 661. The Morgan fingerprint density at radius 2 is 1.90 bits per heavy atom. The van der Waals surface area contributed by atoms with Crippen molar-refractivity contribution in [1.82, 2.24) is 4.90 Å². The maximum absolute atomic E-state index is 12.7. The van der Waals surface area contributed by atoms with Crippen molar-refractivity contribution >= 4 is 17.6 Å². The van der Waals surface area contributed by atoms with Crippen LogP contribution in [0.25, 0.3) is 0 Å². The molecule has 3 unspecified atom stereocenters. The summed E-state index contributed by atoms with van der Waals surface area (Å²) < 4.78 is 0. The van der Waals surface area contributed by atoms with Crippen LogP contribution in [-0.2, 0) is 4.79 Å². The van der Waals surface area contributed by atoms with Gasteiger partial charge < -0.3 is 4.90 Å². The molecule has 2 aliphatic heterocycles. The first-order valence-electron chi connectivity index (χ1n) is 7.35. The summed E-state index contributed by atoms with van der Waals surface area (Å²) in [7, 11) is 0. The van der Waals surface area contributed by atoms with Gasteiger partial charge in [-0.25, -0.2) is 9.69 Å². The van der Waals surface area contributed by atoms with Crippen LogP contribution in [0.1, 0.15) is 24.8 Å². The van der Waals surface area contributed by atoms with E-state index in [1.165, 1.54) is 4.90 Å². The van der Waals surface area contributed by atoms with Gasteiger partial charge in [0.05, 0.1) is 17.3 Å². The predicted molar refractivity (Wildman–Crippen MR) is 75.4 cm³/mol. The summed E-state index contributed by atoms with van der Waals surface area (Å²) in [5.74, 6) is 0.745. The lowest BCUT2D eigenvalue weighted by atomic mass is 9.93. The lowest BCUT2D eigenvalue weighted by Gasteiger charge is -2.17. The molecular weight excluding hydrogens is 266 g/mol. The number of amides is 3. The number of urea groups is 1.